The van der Waals surface area contributed by atoms with Gasteiger partial charge in [0.15, 0.2) is 0 Å². The van der Waals surface area contributed by atoms with Crippen molar-refractivity contribution < 1.29 is 6.22 Å². The molecule has 0 heterocycles. The number of aryl methyl sites for hydroxylation is 2. The molecule has 1 fully saturated rings. The third kappa shape index (κ3) is 14.2. The predicted octanol–water partition coefficient (Wildman–Crippen LogP) is 13.1. The van der Waals surface area contributed by atoms with Gasteiger partial charge in [-0.2, -0.15) is 0 Å². The molecule has 42 heavy (non-hydrogen) atoms. The Morgan fingerprint density at radius 2 is 1.57 bits per heavy atom. The summed E-state index contributed by atoms with van der Waals surface area (Å²) in [4.78, 5) is 12.4. The average Bonchev–Trinajstić information content (AvgIpc) is 3.01. The van der Waals surface area contributed by atoms with Crippen LogP contribution in [0, 0.1) is 24.7 Å². The van der Waals surface area contributed by atoms with Gasteiger partial charge < -0.3 is 0 Å². The Morgan fingerprint density at radius 1 is 0.905 bits per heavy atom. The van der Waals surface area contributed by atoms with Gasteiger partial charge in [-0.3, -0.25) is 4.79 Å². The number of carbonyl (C=O) groups is 1. The molecule has 1 aliphatic rings. The molecule has 0 N–H and O–H groups in total. The van der Waals surface area contributed by atoms with Crippen LogP contribution >= 0.6 is 0 Å². The van der Waals surface area contributed by atoms with Crippen LogP contribution in [0.25, 0.3) is 11.1 Å². The minimum atomic E-state index is 0. The summed E-state index contributed by atoms with van der Waals surface area (Å²) in [6, 6.07) is 17.6. The molecule has 0 saturated heterocycles. The van der Waals surface area contributed by atoms with Crippen LogP contribution in [0.2, 0.25) is 0 Å². The zero-order valence-corrected chi connectivity index (χ0v) is 28.7. The van der Waals surface area contributed by atoms with Gasteiger partial charge in [0, 0.05) is 14.3 Å². The Hall–Kier alpha value is -2.41. The summed E-state index contributed by atoms with van der Waals surface area (Å²) in [6.45, 7) is 21.1. The molecule has 2 unspecified atom stereocenters. The minimum Gasteiger partial charge on any atom is -0.300 e. The molecule has 2 aromatic carbocycles. The molecule has 1 nitrogen and oxygen atoms in total. The van der Waals surface area contributed by atoms with Crippen LogP contribution in [0.4, 0.5) is 0 Å². The monoisotopic (exact) mass is 575 g/mol. The smallest absolute Gasteiger partial charge is 0.133 e. The third-order valence-corrected chi connectivity index (χ3v) is 8.50. The van der Waals surface area contributed by atoms with Crippen LogP contribution in [0.15, 0.2) is 61.2 Å². The van der Waals surface area contributed by atoms with Crippen molar-refractivity contribution in [2.24, 2.45) is 17.8 Å². The van der Waals surface area contributed by atoms with Crippen molar-refractivity contribution in [3.8, 4) is 0 Å². The number of hydrogen-bond donors (Lipinski definition) is 0. The maximum atomic E-state index is 12.4. The zero-order chi connectivity index (χ0) is 31.3. The van der Waals surface area contributed by atoms with E-state index in [-0.39, 0.29) is 1.43 Å². The van der Waals surface area contributed by atoms with Gasteiger partial charge in [-0.15, -0.1) is 0 Å². The van der Waals surface area contributed by atoms with Gasteiger partial charge in [-0.1, -0.05) is 167 Å². The van der Waals surface area contributed by atoms with E-state index in [2.05, 4.69) is 88.9 Å². The Labute approximate surface area is 262 Å². The summed E-state index contributed by atoms with van der Waals surface area (Å²) in [5.74, 6) is 2.74. The van der Waals surface area contributed by atoms with E-state index in [0.717, 1.165) is 35.8 Å². The van der Waals surface area contributed by atoms with Crippen LogP contribution in [0.5, 0.6) is 0 Å². The Morgan fingerprint density at radius 3 is 2.19 bits per heavy atom. The van der Waals surface area contributed by atoms with Crippen molar-refractivity contribution in [1.29, 1.82) is 0 Å². The second kappa shape index (κ2) is 22.2. The van der Waals surface area contributed by atoms with Gasteiger partial charge in [0.1, 0.15) is 5.78 Å². The van der Waals surface area contributed by atoms with Crippen LogP contribution in [-0.2, 0) is 11.2 Å². The van der Waals surface area contributed by atoms with Gasteiger partial charge in [-0.25, -0.2) is 0 Å². The molecule has 0 aromatic heterocycles. The molecule has 236 valence electrons. The Balaban J connectivity index is 0.00000338. The number of allylic oxidation sites excluding steroid dienone is 3. The number of rotatable bonds is 15. The van der Waals surface area contributed by atoms with Crippen LogP contribution < -0.4 is 0 Å². The lowest BCUT2D eigenvalue weighted by Gasteiger charge is -2.30. The number of Topliss-reactive ketones (excluding diaryl/α,β-unsaturated/α-hetero) is 1. The molecule has 2 aromatic rings. The first kappa shape index (κ1) is 37.6. The predicted molar refractivity (Wildman–Crippen MR) is 191 cm³/mol. The standard InChI is InChI=1S/C37H52O.2C2H6.H2/c1-6-32-15-10-11-17-34(32)16-9-7-8-14-31-19-21-33(22-20-31)30(5)27-36(23-24-37(38)25-28(2)3)35-18-12-13-29(4)26-35;2*1-2;/h12-13,18-22,26-28,32,34H,5-11,14-17,23-25H2,1-4H3;2*1-2H3;1H/b36-27+;;;. The number of unbranched alkanes of at least 4 members (excludes halogenated alkanes) is 2. The van der Waals surface area contributed by atoms with E-state index in [4.69, 9.17) is 0 Å². The summed E-state index contributed by atoms with van der Waals surface area (Å²) in [6.07, 6.45) is 18.0. The normalized spacial score (nSPS) is 16.6. The Bertz CT molecular complexity index is 1050. The molecule has 1 aliphatic carbocycles. The van der Waals surface area contributed by atoms with Crippen molar-refractivity contribution in [2.75, 3.05) is 0 Å². The summed E-state index contributed by atoms with van der Waals surface area (Å²) in [7, 11) is 0. The second-order valence-electron chi connectivity index (χ2n) is 12.2. The van der Waals surface area contributed by atoms with E-state index in [1.165, 1.54) is 80.1 Å². The molecular formula is C41H66O. The van der Waals surface area contributed by atoms with Crippen LogP contribution in [0.3, 0.4) is 0 Å². The fraction of sp³-hybridized carbons (Fsp3) is 0.585. The molecular weight excluding hydrogens is 508 g/mol. The molecule has 0 bridgehead atoms. The lowest BCUT2D eigenvalue weighted by atomic mass is 9.75. The van der Waals surface area contributed by atoms with Gasteiger partial charge in [0.05, 0.1) is 0 Å². The summed E-state index contributed by atoms with van der Waals surface area (Å²) in [5.41, 5.74) is 7.23. The maximum absolute atomic E-state index is 12.4. The molecule has 1 saturated carbocycles. The SMILES string of the molecule is C=C(/C=C(\CCC(=O)CC(C)C)c1cccc(C)c1)c1ccc(CCCCCC2CCCCC2CC)cc1.CC.CC.[HH]. The highest BCUT2D eigenvalue weighted by Gasteiger charge is 2.22. The Kier molecular flexibility index (Phi) is 19.9. The summed E-state index contributed by atoms with van der Waals surface area (Å²) in [5, 5.41) is 0. The van der Waals surface area contributed by atoms with Crippen LogP contribution in [0.1, 0.15) is 149 Å². The first-order chi connectivity index (χ1) is 20.4. The quantitative estimate of drug-likeness (QED) is 0.153. The average molecular weight is 575 g/mol. The molecule has 0 radical (unpaired) electrons. The van der Waals surface area contributed by atoms with Crippen LogP contribution in [-0.4, -0.2) is 5.78 Å². The van der Waals surface area contributed by atoms with E-state index in [0.29, 0.717) is 24.5 Å². The van der Waals surface area contributed by atoms with E-state index in [9.17, 15) is 4.79 Å². The van der Waals surface area contributed by atoms with E-state index >= 15 is 0 Å². The summed E-state index contributed by atoms with van der Waals surface area (Å²) >= 11 is 0. The lowest BCUT2D eigenvalue weighted by Crippen LogP contribution is -2.18. The van der Waals surface area contributed by atoms with E-state index in [1.54, 1.807) is 0 Å². The van der Waals surface area contributed by atoms with Crippen molar-refractivity contribution in [3.63, 3.8) is 0 Å². The van der Waals surface area contributed by atoms with Gasteiger partial charge in [-0.05, 0) is 71.8 Å². The fourth-order valence-corrected chi connectivity index (χ4v) is 6.27. The van der Waals surface area contributed by atoms with E-state index in [1.807, 2.05) is 27.7 Å². The summed E-state index contributed by atoms with van der Waals surface area (Å²) < 4.78 is 0. The number of benzene rings is 2. The highest BCUT2D eigenvalue weighted by Crippen LogP contribution is 2.35. The van der Waals surface area contributed by atoms with Gasteiger partial charge in [0.2, 0.25) is 0 Å². The molecule has 2 atom stereocenters. The largest absolute Gasteiger partial charge is 0.300 e. The van der Waals surface area contributed by atoms with E-state index < -0.39 is 0 Å². The van der Waals surface area contributed by atoms with Crippen molar-refractivity contribution in [3.05, 3.63) is 83.4 Å². The first-order valence-corrected chi connectivity index (χ1v) is 17.4. The highest BCUT2D eigenvalue weighted by molar-refractivity contribution is 5.85. The number of carbonyl (C=O) groups excluding carboxylic acids is 1. The van der Waals surface area contributed by atoms with Crippen molar-refractivity contribution >= 4 is 16.9 Å². The van der Waals surface area contributed by atoms with Crippen molar-refractivity contribution in [1.82, 2.24) is 0 Å². The van der Waals surface area contributed by atoms with Crippen molar-refractivity contribution in [2.45, 2.75) is 139 Å². The van der Waals surface area contributed by atoms with Gasteiger partial charge >= 0.3 is 0 Å². The maximum Gasteiger partial charge on any atom is 0.133 e. The lowest BCUT2D eigenvalue weighted by molar-refractivity contribution is -0.119. The molecule has 0 amide bonds. The minimum absolute atomic E-state index is 0. The molecule has 0 spiro atoms. The highest BCUT2D eigenvalue weighted by atomic mass is 16.1. The first-order valence-electron chi connectivity index (χ1n) is 17.4. The zero-order valence-electron chi connectivity index (χ0n) is 28.7. The fourth-order valence-electron chi connectivity index (χ4n) is 6.27. The van der Waals surface area contributed by atoms with Gasteiger partial charge in [0.25, 0.3) is 0 Å². The topological polar surface area (TPSA) is 17.1 Å². The molecule has 0 aliphatic heterocycles. The number of hydrogen-bond acceptors (Lipinski definition) is 1. The second-order valence-corrected chi connectivity index (χ2v) is 12.2. The molecule has 1 heteroatoms. The third-order valence-electron chi connectivity index (χ3n) is 8.50. The number of ketones is 1. The molecule has 3 rings (SSSR count).